The highest BCUT2D eigenvalue weighted by atomic mass is 16.3. The van der Waals surface area contributed by atoms with Crippen molar-refractivity contribution < 1.29 is 5.11 Å². The molecule has 3 heterocycles. The second-order valence-corrected chi connectivity index (χ2v) is 6.41. The minimum Gasteiger partial charge on any atom is -0.508 e. The zero-order valence-corrected chi connectivity index (χ0v) is 12.3. The van der Waals surface area contributed by atoms with E-state index < -0.39 is 0 Å². The maximum atomic E-state index is 10.2. The highest BCUT2D eigenvalue weighted by molar-refractivity contribution is 5.87. The van der Waals surface area contributed by atoms with E-state index in [1.807, 2.05) is 24.3 Å². The Morgan fingerprint density at radius 2 is 1.90 bits per heavy atom. The number of phenolic OH excluding ortho intramolecular Hbond substituents is 1. The quantitative estimate of drug-likeness (QED) is 0.908. The molecule has 1 atom stereocenters. The summed E-state index contributed by atoms with van der Waals surface area (Å²) in [5.41, 5.74) is 1.03. The van der Waals surface area contributed by atoms with Crippen LogP contribution in [0.25, 0.3) is 10.8 Å². The fraction of sp³-hybridized carbons (Fsp3) is 0.444. The van der Waals surface area contributed by atoms with Gasteiger partial charge >= 0.3 is 0 Å². The first-order valence-electron chi connectivity index (χ1n) is 7.96. The number of rotatable bonds is 3. The van der Waals surface area contributed by atoms with Crippen LogP contribution in [-0.2, 0) is 6.54 Å². The maximum Gasteiger partial charge on any atom is 0.120 e. The molecule has 3 fully saturated rings. The summed E-state index contributed by atoms with van der Waals surface area (Å²) in [6.45, 7) is 4.45. The van der Waals surface area contributed by atoms with Crippen molar-refractivity contribution >= 4 is 10.8 Å². The van der Waals surface area contributed by atoms with Crippen LogP contribution in [0.2, 0.25) is 0 Å². The third-order valence-corrected chi connectivity index (χ3v) is 5.21. The summed E-state index contributed by atoms with van der Waals surface area (Å²) in [6, 6.07) is 12.7. The molecule has 5 rings (SSSR count). The molecule has 0 aliphatic carbocycles. The predicted molar refractivity (Wildman–Crippen MR) is 85.4 cm³/mol. The van der Waals surface area contributed by atoms with Gasteiger partial charge in [0, 0.05) is 24.7 Å². The van der Waals surface area contributed by atoms with Crippen molar-refractivity contribution in [1.29, 1.82) is 0 Å². The van der Waals surface area contributed by atoms with Crippen LogP contribution in [0.4, 0.5) is 0 Å². The molecule has 1 unspecified atom stereocenters. The molecule has 3 aliphatic heterocycles. The first-order valence-corrected chi connectivity index (χ1v) is 7.96. The lowest BCUT2D eigenvalue weighted by atomic mass is 9.84. The molecule has 21 heavy (non-hydrogen) atoms. The number of nitrogens with one attached hydrogen (secondary N) is 1. The van der Waals surface area contributed by atoms with E-state index in [0.29, 0.717) is 11.8 Å². The largest absolute Gasteiger partial charge is 0.508 e. The van der Waals surface area contributed by atoms with E-state index in [0.717, 1.165) is 30.0 Å². The van der Waals surface area contributed by atoms with Gasteiger partial charge < -0.3 is 15.3 Å². The average Bonchev–Trinajstić information content (AvgIpc) is 2.55. The van der Waals surface area contributed by atoms with Crippen molar-refractivity contribution in [2.75, 3.05) is 19.6 Å². The van der Waals surface area contributed by atoms with E-state index in [-0.39, 0.29) is 0 Å². The SMILES string of the molecule is Oc1ccc2ccccc2c1CNC1CN2CCC1CC2. The van der Waals surface area contributed by atoms with E-state index in [4.69, 9.17) is 0 Å². The number of benzene rings is 2. The van der Waals surface area contributed by atoms with Crippen LogP contribution in [0.1, 0.15) is 18.4 Å². The Bertz CT molecular complexity index is 647. The molecule has 3 saturated heterocycles. The molecule has 2 aromatic rings. The topological polar surface area (TPSA) is 35.5 Å². The molecule has 0 amide bonds. The first-order chi connectivity index (χ1) is 10.3. The minimum absolute atomic E-state index is 0.405. The molecule has 2 bridgehead atoms. The van der Waals surface area contributed by atoms with Crippen molar-refractivity contribution in [2.45, 2.75) is 25.4 Å². The summed E-state index contributed by atoms with van der Waals surface area (Å²) in [7, 11) is 0. The Hall–Kier alpha value is -1.58. The van der Waals surface area contributed by atoms with E-state index in [9.17, 15) is 5.11 Å². The monoisotopic (exact) mass is 282 g/mol. The number of piperidine rings is 3. The highest BCUT2D eigenvalue weighted by Gasteiger charge is 2.33. The van der Waals surface area contributed by atoms with Crippen LogP contribution in [-0.4, -0.2) is 35.7 Å². The van der Waals surface area contributed by atoms with Crippen molar-refractivity contribution in [1.82, 2.24) is 10.2 Å². The van der Waals surface area contributed by atoms with Crippen LogP contribution < -0.4 is 5.32 Å². The second-order valence-electron chi connectivity index (χ2n) is 6.41. The molecule has 2 N–H and O–H groups in total. The first kappa shape index (κ1) is 13.1. The summed E-state index contributed by atoms with van der Waals surface area (Å²) >= 11 is 0. The number of nitrogens with zero attached hydrogens (tertiary/aromatic N) is 1. The van der Waals surface area contributed by atoms with Gasteiger partial charge in [0.25, 0.3) is 0 Å². The van der Waals surface area contributed by atoms with Crippen LogP contribution in [0.3, 0.4) is 0 Å². The van der Waals surface area contributed by atoms with Crippen molar-refractivity contribution in [3.05, 3.63) is 42.0 Å². The lowest BCUT2D eigenvalue weighted by Crippen LogP contribution is -2.55. The van der Waals surface area contributed by atoms with Crippen LogP contribution >= 0.6 is 0 Å². The van der Waals surface area contributed by atoms with Crippen molar-refractivity contribution in [3.63, 3.8) is 0 Å². The Morgan fingerprint density at radius 1 is 1.10 bits per heavy atom. The summed E-state index contributed by atoms with van der Waals surface area (Å²) in [4.78, 5) is 2.56. The Balaban J connectivity index is 1.56. The van der Waals surface area contributed by atoms with Crippen molar-refractivity contribution in [3.8, 4) is 5.75 Å². The molecular formula is C18H22N2O. The Labute approximate surface area is 125 Å². The number of phenols is 1. The molecule has 0 spiro atoms. The second kappa shape index (κ2) is 5.32. The van der Waals surface area contributed by atoms with E-state index >= 15 is 0 Å². The lowest BCUT2D eigenvalue weighted by molar-refractivity contribution is 0.0719. The van der Waals surface area contributed by atoms with Gasteiger partial charge in [0.05, 0.1) is 0 Å². The maximum absolute atomic E-state index is 10.2. The van der Waals surface area contributed by atoms with Gasteiger partial charge in [-0.25, -0.2) is 0 Å². The molecule has 110 valence electrons. The molecule has 0 aromatic heterocycles. The normalized spacial score (nSPS) is 28.1. The van der Waals surface area contributed by atoms with Gasteiger partial charge in [-0.2, -0.15) is 0 Å². The van der Waals surface area contributed by atoms with Crippen LogP contribution in [0.15, 0.2) is 36.4 Å². The summed E-state index contributed by atoms with van der Waals surface area (Å²) < 4.78 is 0. The third kappa shape index (κ3) is 2.41. The standard InChI is InChI=1S/C18H22N2O/c21-18-6-5-13-3-1-2-4-15(13)16(18)11-19-17-12-20-9-7-14(17)8-10-20/h1-6,14,17,19,21H,7-12H2. The molecule has 3 heteroatoms. The Kier molecular flexibility index (Phi) is 3.32. The van der Waals surface area contributed by atoms with E-state index in [1.165, 1.54) is 31.3 Å². The lowest BCUT2D eigenvalue weighted by Gasteiger charge is -2.45. The van der Waals surface area contributed by atoms with Gasteiger partial charge in [0.2, 0.25) is 0 Å². The minimum atomic E-state index is 0.405. The molecule has 3 aliphatic rings. The summed E-state index contributed by atoms with van der Waals surface area (Å²) in [5, 5.41) is 16.3. The number of hydrogen-bond donors (Lipinski definition) is 2. The molecule has 0 saturated carbocycles. The van der Waals surface area contributed by atoms with Crippen LogP contribution in [0.5, 0.6) is 5.75 Å². The van der Waals surface area contributed by atoms with E-state index in [2.05, 4.69) is 22.3 Å². The van der Waals surface area contributed by atoms with Gasteiger partial charge in [-0.1, -0.05) is 30.3 Å². The van der Waals surface area contributed by atoms with Gasteiger partial charge in [-0.15, -0.1) is 0 Å². The van der Waals surface area contributed by atoms with E-state index in [1.54, 1.807) is 0 Å². The zero-order valence-electron chi connectivity index (χ0n) is 12.3. The Morgan fingerprint density at radius 3 is 2.67 bits per heavy atom. The van der Waals surface area contributed by atoms with Crippen molar-refractivity contribution in [2.24, 2.45) is 5.92 Å². The van der Waals surface area contributed by atoms with Gasteiger partial charge in [-0.05, 0) is 48.7 Å². The van der Waals surface area contributed by atoms with Crippen LogP contribution in [0, 0.1) is 5.92 Å². The predicted octanol–water partition coefficient (Wildman–Crippen LogP) is 2.73. The zero-order chi connectivity index (χ0) is 14.2. The summed E-state index contributed by atoms with van der Waals surface area (Å²) in [5.74, 6) is 1.22. The summed E-state index contributed by atoms with van der Waals surface area (Å²) in [6.07, 6.45) is 2.64. The van der Waals surface area contributed by atoms with Gasteiger partial charge in [-0.3, -0.25) is 0 Å². The van der Waals surface area contributed by atoms with Gasteiger partial charge in [0.15, 0.2) is 0 Å². The molecule has 0 radical (unpaired) electrons. The fourth-order valence-electron chi connectivity index (χ4n) is 3.94. The average molecular weight is 282 g/mol. The third-order valence-electron chi connectivity index (χ3n) is 5.21. The number of hydrogen-bond acceptors (Lipinski definition) is 3. The fourth-order valence-corrected chi connectivity index (χ4v) is 3.94. The smallest absolute Gasteiger partial charge is 0.120 e. The highest BCUT2D eigenvalue weighted by Crippen LogP contribution is 2.30. The molecular weight excluding hydrogens is 260 g/mol. The van der Waals surface area contributed by atoms with Gasteiger partial charge in [0.1, 0.15) is 5.75 Å². The number of aromatic hydroxyl groups is 1. The molecule has 3 nitrogen and oxygen atoms in total. The number of fused-ring (bicyclic) bond motifs is 4. The molecule has 2 aromatic carbocycles.